The van der Waals surface area contributed by atoms with Gasteiger partial charge in [0.05, 0.1) is 18.4 Å². The fraction of sp³-hybridized carbons (Fsp3) is 0.432. The van der Waals surface area contributed by atoms with E-state index in [2.05, 4.69) is 57.2 Å². The zero-order chi connectivity index (χ0) is 57.5. The highest BCUT2D eigenvalue weighted by Crippen LogP contribution is 2.14. The third-order valence-electron chi connectivity index (χ3n) is 10.8. The predicted octanol–water partition coefficient (Wildman–Crippen LogP) is -3.10. The zero-order valence-corrected chi connectivity index (χ0v) is 40.3. The number of carboxylic acids is 7. The Morgan fingerprint density at radius 1 is 0.506 bits per heavy atom. The average molecular weight is 1090 g/mol. The van der Waals surface area contributed by atoms with Gasteiger partial charge >= 0.3 is 41.8 Å². The molecule has 0 aliphatic rings. The number of anilines is 2. The number of hydrogen-bond acceptors (Lipinski definition) is 19. The summed E-state index contributed by atoms with van der Waals surface area (Å²) in [6.07, 6.45) is -5.03. The Balaban J connectivity index is 1.46. The van der Waals surface area contributed by atoms with Crippen LogP contribution in [0.1, 0.15) is 93.1 Å². The lowest BCUT2D eigenvalue weighted by molar-refractivity contribution is -0.144. The van der Waals surface area contributed by atoms with Crippen molar-refractivity contribution in [3.8, 4) is 0 Å². The van der Waals surface area contributed by atoms with Crippen LogP contribution in [0.25, 0.3) is 11.2 Å². The third kappa shape index (κ3) is 21.7. The highest BCUT2D eigenvalue weighted by atomic mass is 16.4. The first-order valence-electron chi connectivity index (χ1n) is 22.9. The van der Waals surface area contributed by atoms with E-state index < -0.39 is 183 Å². The number of nitrogens with one attached hydrogen (secondary N) is 8. The van der Waals surface area contributed by atoms with Crippen molar-refractivity contribution in [1.82, 2.24) is 46.5 Å². The van der Waals surface area contributed by atoms with Crippen molar-refractivity contribution < 1.29 is 98.1 Å². The van der Waals surface area contributed by atoms with Crippen molar-refractivity contribution in [3.63, 3.8) is 0 Å². The fourth-order valence-electron chi connectivity index (χ4n) is 6.60. The van der Waals surface area contributed by atoms with Crippen molar-refractivity contribution in [2.45, 2.75) is 120 Å². The fourth-order valence-corrected chi connectivity index (χ4v) is 6.60. The maximum Gasteiger partial charge on any atom is 0.326 e. The molecular weight excluding hydrogens is 1030 g/mol. The summed E-state index contributed by atoms with van der Waals surface area (Å²) in [5.41, 5.74) is 4.87. The second-order valence-corrected chi connectivity index (χ2v) is 16.7. The molecule has 416 valence electrons. The van der Waals surface area contributed by atoms with E-state index in [9.17, 15) is 92.7 Å². The van der Waals surface area contributed by atoms with E-state index in [0.29, 0.717) is 5.69 Å². The number of amides is 6. The van der Waals surface area contributed by atoms with Crippen LogP contribution >= 0.6 is 0 Å². The Kier molecular flexibility index (Phi) is 23.9. The molecule has 0 radical (unpaired) electrons. The molecule has 0 aliphatic carbocycles. The molecule has 33 nitrogen and oxygen atoms in total. The van der Waals surface area contributed by atoms with Crippen LogP contribution in [0.4, 0.5) is 11.6 Å². The molecule has 2 aromatic heterocycles. The van der Waals surface area contributed by atoms with Crippen molar-refractivity contribution >= 4 is 100 Å². The summed E-state index contributed by atoms with van der Waals surface area (Å²) >= 11 is 0. The number of nitrogens with zero attached hydrogens (tertiary/aromatic N) is 3. The summed E-state index contributed by atoms with van der Waals surface area (Å²) in [4.78, 5) is 183. The molecule has 1 unspecified atom stereocenters. The Hall–Kier alpha value is -9.69. The second-order valence-electron chi connectivity index (χ2n) is 16.7. The summed E-state index contributed by atoms with van der Waals surface area (Å²) in [5, 5.41) is 81.1. The summed E-state index contributed by atoms with van der Waals surface area (Å²) in [6, 6.07) is -3.84. The number of nitrogens with two attached hydrogens (primary N) is 1. The number of carboxylic acid groups (broad SMARTS) is 7. The van der Waals surface area contributed by atoms with Crippen LogP contribution in [-0.2, 0) is 64.1 Å². The summed E-state index contributed by atoms with van der Waals surface area (Å²) in [5.74, 6) is -16.3. The number of carbonyl (C=O) groups excluding carboxylic acids is 6. The molecule has 0 bridgehead atoms. The Labute approximate surface area is 432 Å². The van der Waals surface area contributed by atoms with E-state index in [1.165, 1.54) is 30.5 Å². The second kappa shape index (κ2) is 29.9. The van der Waals surface area contributed by atoms with Gasteiger partial charge in [0.15, 0.2) is 11.2 Å². The minimum absolute atomic E-state index is 0.0114. The van der Waals surface area contributed by atoms with Gasteiger partial charge < -0.3 is 73.4 Å². The molecule has 2 heterocycles. The maximum atomic E-state index is 12.9. The Bertz CT molecular complexity index is 2790. The molecule has 6 amide bonds. The maximum absolute atomic E-state index is 12.9. The van der Waals surface area contributed by atoms with Crippen LogP contribution < -0.4 is 48.5 Å². The number of H-pyrrole nitrogens is 1. The smallest absolute Gasteiger partial charge is 0.326 e. The van der Waals surface area contributed by atoms with Crippen LogP contribution in [0.15, 0.2) is 35.3 Å². The lowest BCUT2D eigenvalue weighted by atomic mass is 10.1. The Morgan fingerprint density at radius 3 is 1.32 bits per heavy atom. The van der Waals surface area contributed by atoms with Gasteiger partial charge in [0, 0.05) is 49.8 Å². The van der Waals surface area contributed by atoms with Gasteiger partial charge in [-0.25, -0.2) is 33.9 Å². The molecule has 1 aromatic carbocycles. The minimum Gasteiger partial charge on any atom is -0.481 e. The van der Waals surface area contributed by atoms with Crippen molar-refractivity contribution in [2.75, 3.05) is 10.6 Å². The number of benzene rings is 1. The van der Waals surface area contributed by atoms with E-state index in [4.69, 9.17) is 15.9 Å². The highest BCUT2D eigenvalue weighted by Gasteiger charge is 2.28. The quantitative estimate of drug-likeness (QED) is 0.0282. The van der Waals surface area contributed by atoms with Crippen LogP contribution in [0.2, 0.25) is 0 Å². The van der Waals surface area contributed by atoms with Gasteiger partial charge in [-0.05, 0) is 62.8 Å². The van der Waals surface area contributed by atoms with Gasteiger partial charge in [-0.15, -0.1) is 0 Å². The largest absolute Gasteiger partial charge is 0.481 e. The molecule has 0 aliphatic heterocycles. The minimum atomic E-state index is -1.75. The van der Waals surface area contributed by atoms with E-state index in [0.717, 1.165) is 0 Å². The standard InChI is InChI=1S/C44H54N12O21/c45-22(38(66)67)5-11-28(57)49-23(39(68)69)6-12-29(58)50-24(40(70)71)7-13-30(59)51-25(41(72)73)8-14-31(60)52-26(42(74)75)9-15-32(61)54-44-55-35-34(37(65)56-44)48-21(18-47-35)17-46-20-3-1-19(2-4-20)36(64)53-27(43(76)77)10-16-33(62)63/h1-4,18,22-27,46H,5-17,45H2,(H,49,57)(H,50,58)(H,51,59)(H,52,60)(H,53,64)(H,62,63)(H,66,67)(H,68,69)(H,70,71)(H,72,73)(H,74,75)(H,76,77)(H2,47,54,55,56,61,65)/t22-,23-,24-,25-,26-,27?/m0/s1. The third-order valence-corrected chi connectivity index (χ3v) is 10.8. The van der Waals surface area contributed by atoms with Crippen molar-refractivity contribution in [1.29, 1.82) is 0 Å². The van der Waals surface area contributed by atoms with Crippen LogP contribution in [-0.4, -0.2) is 169 Å². The molecule has 3 rings (SSSR count). The van der Waals surface area contributed by atoms with Crippen LogP contribution in [0.5, 0.6) is 0 Å². The number of aliphatic carboxylic acids is 7. The Morgan fingerprint density at radius 2 is 0.909 bits per heavy atom. The molecule has 0 spiro atoms. The lowest BCUT2D eigenvalue weighted by Gasteiger charge is -2.18. The van der Waals surface area contributed by atoms with E-state index in [1.54, 1.807) is 0 Å². The van der Waals surface area contributed by atoms with E-state index >= 15 is 0 Å². The number of rotatable bonds is 34. The molecule has 77 heavy (non-hydrogen) atoms. The molecule has 3 aromatic rings. The zero-order valence-electron chi connectivity index (χ0n) is 40.3. The SMILES string of the molecule is N[C@@H](CCC(=O)N[C@@H](CCC(=O)N[C@@H](CCC(=O)N[C@@H](CCC(=O)N[C@@H](CCC(=O)Nc1nc2ncc(CNc3ccc(C(=O)NC(CCC(=O)O)C(=O)O)cc3)nc2c(=O)[nH]1)C(=O)O)C(=O)O)C(=O)O)C(=O)O)C(=O)O. The summed E-state index contributed by atoms with van der Waals surface area (Å²) < 4.78 is 0. The van der Waals surface area contributed by atoms with Crippen molar-refractivity contribution in [3.05, 3.63) is 52.1 Å². The number of hydrogen-bond donors (Lipinski definition) is 16. The molecule has 0 saturated heterocycles. The first kappa shape index (κ1) is 61.6. The van der Waals surface area contributed by atoms with Gasteiger partial charge in [-0.3, -0.25) is 53.5 Å². The van der Waals surface area contributed by atoms with E-state index in [-0.39, 0.29) is 47.8 Å². The molecule has 33 heteroatoms. The van der Waals surface area contributed by atoms with Crippen LogP contribution in [0, 0.1) is 0 Å². The van der Waals surface area contributed by atoms with Gasteiger partial charge in [-0.1, -0.05) is 0 Å². The molecular formula is C44H54N12O21. The molecule has 0 saturated carbocycles. The van der Waals surface area contributed by atoms with Gasteiger partial charge in [0.1, 0.15) is 36.3 Å². The molecule has 17 N–H and O–H groups in total. The summed E-state index contributed by atoms with van der Waals surface area (Å²) in [7, 11) is 0. The monoisotopic (exact) mass is 1090 g/mol. The predicted molar refractivity (Wildman–Crippen MR) is 256 cm³/mol. The molecule has 0 fully saturated rings. The number of aromatic amines is 1. The van der Waals surface area contributed by atoms with Gasteiger partial charge in [0.25, 0.3) is 11.5 Å². The van der Waals surface area contributed by atoms with Crippen LogP contribution in [0.3, 0.4) is 0 Å². The van der Waals surface area contributed by atoms with Gasteiger partial charge in [0.2, 0.25) is 35.5 Å². The first-order valence-corrected chi connectivity index (χ1v) is 22.9. The number of aromatic nitrogens is 4. The number of carbonyl (C=O) groups is 13. The summed E-state index contributed by atoms with van der Waals surface area (Å²) in [6.45, 7) is 0.0114. The first-order chi connectivity index (χ1) is 36.2. The number of fused-ring (bicyclic) bond motifs is 1. The van der Waals surface area contributed by atoms with Gasteiger partial charge in [-0.2, -0.15) is 4.98 Å². The van der Waals surface area contributed by atoms with E-state index in [1.807, 2.05) is 0 Å². The topological polar surface area (TPSA) is 545 Å². The lowest BCUT2D eigenvalue weighted by Crippen LogP contribution is -2.45. The average Bonchev–Trinajstić information content (AvgIpc) is 3.35. The molecule has 6 atom stereocenters. The highest BCUT2D eigenvalue weighted by molar-refractivity contribution is 5.97. The normalized spacial score (nSPS) is 13.2. The van der Waals surface area contributed by atoms with Crippen molar-refractivity contribution in [2.24, 2.45) is 5.73 Å².